The number of rotatable bonds is 2. The predicted octanol–water partition coefficient (Wildman–Crippen LogP) is 1.92. The van der Waals surface area contributed by atoms with Gasteiger partial charge in [0.1, 0.15) is 0 Å². The minimum Gasteiger partial charge on any atom is -0.224 e. The van der Waals surface area contributed by atoms with E-state index in [2.05, 4.69) is 14.8 Å². The maximum absolute atomic E-state index is 12.4. The van der Waals surface area contributed by atoms with Crippen LogP contribution in [0.2, 0.25) is 0 Å². The highest BCUT2D eigenvalue weighted by Gasteiger charge is 2.24. The van der Waals surface area contributed by atoms with Crippen LogP contribution in [-0.2, 0) is 9.24 Å². The van der Waals surface area contributed by atoms with Crippen molar-refractivity contribution in [3.05, 3.63) is 0 Å². The summed E-state index contributed by atoms with van der Waals surface area (Å²) in [6.45, 7) is 0. The summed E-state index contributed by atoms with van der Waals surface area (Å²) in [5.74, 6) is 0. The van der Waals surface area contributed by atoms with Crippen LogP contribution in [0, 0.1) is 0 Å². The standard InChI is InChI=1S/C2H6ClF2N2O2PS/c1-7(2)10(4,5)6-11(3,8)9/h1-2H3. The van der Waals surface area contributed by atoms with Gasteiger partial charge in [-0.3, -0.25) is 0 Å². The van der Waals surface area contributed by atoms with Gasteiger partial charge in [0, 0.05) is 10.7 Å². The highest BCUT2D eigenvalue weighted by atomic mass is 35.7. The molecule has 0 rings (SSSR count). The second-order valence-electron chi connectivity index (χ2n) is 1.80. The fourth-order valence-corrected chi connectivity index (χ4v) is 2.38. The van der Waals surface area contributed by atoms with Gasteiger partial charge in [-0.2, -0.15) is 16.8 Å². The monoisotopic (exact) mass is 226 g/mol. The van der Waals surface area contributed by atoms with Crippen molar-refractivity contribution in [1.29, 1.82) is 0 Å². The quantitative estimate of drug-likeness (QED) is 0.534. The van der Waals surface area contributed by atoms with E-state index >= 15 is 0 Å². The fourth-order valence-electron chi connectivity index (χ4n) is 0.190. The van der Waals surface area contributed by atoms with Gasteiger partial charge in [0.25, 0.3) is 0 Å². The molecule has 0 saturated heterocycles. The van der Waals surface area contributed by atoms with E-state index in [1.165, 1.54) is 0 Å². The van der Waals surface area contributed by atoms with E-state index in [9.17, 15) is 16.8 Å². The lowest BCUT2D eigenvalue weighted by Gasteiger charge is -2.10. The van der Waals surface area contributed by atoms with E-state index in [-0.39, 0.29) is 0 Å². The maximum atomic E-state index is 12.4. The SMILES string of the molecule is CN(C)P(F)(F)=NS(=O)(=O)Cl. The Hall–Kier alpha value is 0.290. The minimum absolute atomic E-state index is 0.437. The first-order chi connectivity index (χ1) is 4.65. The Balaban J connectivity index is 4.99. The second kappa shape index (κ2) is 3.35. The molecule has 11 heavy (non-hydrogen) atoms. The molecular weight excluding hydrogens is 221 g/mol. The molecule has 0 aromatic heterocycles. The smallest absolute Gasteiger partial charge is 0.224 e. The van der Waals surface area contributed by atoms with E-state index in [0.29, 0.717) is 4.67 Å². The van der Waals surface area contributed by atoms with Gasteiger partial charge < -0.3 is 0 Å². The van der Waals surface area contributed by atoms with Crippen molar-refractivity contribution in [3.8, 4) is 0 Å². The summed E-state index contributed by atoms with van der Waals surface area (Å²) in [7, 11) is -2.83. The number of halogens is 3. The highest BCUT2D eigenvalue weighted by molar-refractivity contribution is 8.14. The van der Waals surface area contributed by atoms with Crippen LogP contribution < -0.4 is 0 Å². The van der Waals surface area contributed by atoms with Crippen LogP contribution in [0.4, 0.5) is 8.39 Å². The zero-order chi connectivity index (χ0) is 9.28. The summed E-state index contributed by atoms with van der Waals surface area (Å²) >= 11 is 0. The van der Waals surface area contributed by atoms with Crippen molar-refractivity contribution in [2.45, 2.75) is 0 Å². The van der Waals surface area contributed by atoms with Gasteiger partial charge in [0.05, 0.1) is 0 Å². The third-order valence-electron chi connectivity index (χ3n) is 0.677. The number of hydrogen-bond donors (Lipinski definition) is 0. The first kappa shape index (κ1) is 11.3. The molecule has 0 N–H and O–H groups in total. The topological polar surface area (TPSA) is 49.7 Å². The van der Waals surface area contributed by atoms with Gasteiger partial charge >= 0.3 is 17.1 Å². The van der Waals surface area contributed by atoms with Crippen LogP contribution in [0.5, 0.6) is 0 Å². The van der Waals surface area contributed by atoms with E-state index in [0.717, 1.165) is 14.1 Å². The Morgan fingerprint density at radius 1 is 1.45 bits per heavy atom. The zero-order valence-corrected chi connectivity index (χ0v) is 8.17. The Bertz CT molecular complexity index is 282. The molecule has 68 valence electrons. The molecule has 0 unspecified atom stereocenters. The lowest BCUT2D eigenvalue weighted by atomic mass is 11.3. The zero-order valence-electron chi connectivity index (χ0n) is 5.70. The van der Waals surface area contributed by atoms with Crippen LogP contribution in [0.1, 0.15) is 0 Å². The maximum Gasteiger partial charge on any atom is 0.382 e. The molecule has 0 fully saturated rings. The van der Waals surface area contributed by atoms with E-state index in [1.54, 1.807) is 0 Å². The molecule has 0 aliphatic heterocycles. The van der Waals surface area contributed by atoms with E-state index < -0.39 is 17.1 Å². The van der Waals surface area contributed by atoms with Crippen LogP contribution in [0.15, 0.2) is 4.15 Å². The summed E-state index contributed by atoms with van der Waals surface area (Å²) in [6.07, 6.45) is 0. The van der Waals surface area contributed by atoms with Crippen molar-refractivity contribution in [3.63, 3.8) is 0 Å². The van der Waals surface area contributed by atoms with Gasteiger partial charge in [0.2, 0.25) is 0 Å². The molecule has 0 amide bonds. The summed E-state index contributed by atoms with van der Waals surface area (Å²) in [5.41, 5.74) is 0. The minimum atomic E-state index is -4.90. The molecule has 0 aromatic rings. The molecule has 0 atom stereocenters. The first-order valence-corrected chi connectivity index (χ1v) is 6.05. The molecule has 0 aliphatic carbocycles. The average Bonchev–Trinajstić information content (AvgIpc) is 1.56. The van der Waals surface area contributed by atoms with Crippen molar-refractivity contribution in [2.75, 3.05) is 14.1 Å². The van der Waals surface area contributed by atoms with Gasteiger partial charge in [0.15, 0.2) is 0 Å². The fraction of sp³-hybridized carbons (Fsp3) is 1.00. The molecule has 0 aliphatic rings. The molecule has 0 saturated carbocycles. The normalized spacial score (nSPS) is 13.6. The van der Waals surface area contributed by atoms with Crippen LogP contribution in [0.3, 0.4) is 0 Å². The summed E-state index contributed by atoms with van der Waals surface area (Å²) in [4.78, 5) is 0. The van der Waals surface area contributed by atoms with Gasteiger partial charge in [-0.15, -0.1) is 0 Å². The van der Waals surface area contributed by atoms with Gasteiger partial charge in [-0.1, -0.05) is 4.15 Å². The van der Waals surface area contributed by atoms with Crippen LogP contribution in [0.25, 0.3) is 0 Å². The van der Waals surface area contributed by atoms with Crippen LogP contribution in [-0.4, -0.2) is 27.2 Å². The molecule has 4 nitrogen and oxygen atoms in total. The number of nitrogens with zero attached hydrogens (tertiary/aromatic N) is 2. The van der Waals surface area contributed by atoms with E-state index in [4.69, 9.17) is 0 Å². The third kappa shape index (κ3) is 4.68. The first-order valence-electron chi connectivity index (χ1n) is 2.30. The molecule has 0 heterocycles. The molecular formula is C2H6ClF2N2O2PS. The molecule has 0 radical (unpaired) electrons. The average molecular weight is 227 g/mol. The Kier molecular flexibility index (Phi) is 3.43. The summed E-state index contributed by atoms with van der Waals surface area (Å²) in [6, 6.07) is 0. The number of hydrogen-bond acceptors (Lipinski definition) is 2. The lowest BCUT2D eigenvalue weighted by molar-refractivity contribution is 0.541. The van der Waals surface area contributed by atoms with Crippen molar-refractivity contribution in [2.24, 2.45) is 4.15 Å². The predicted molar refractivity (Wildman–Crippen MR) is 40.0 cm³/mol. The van der Waals surface area contributed by atoms with Gasteiger partial charge in [-0.25, -0.2) is 4.67 Å². The summed E-state index contributed by atoms with van der Waals surface area (Å²) in [5, 5.41) is 0. The Labute approximate surface area is 68.1 Å². The van der Waals surface area contributed by atoms with Crippen LogP contribution >= 0.6 is 18.5 Å². The molecule has 0 spiro atoms. The second-order valence-corrected chi connectivity index (χ2v) is 6.16. The molecule has 0 bridgehead atoms. The Morgan fingerprint density at radius 2 is 1.82 bits per heavy atom. The van der Waals surface area contributed by atoms with Crippen molar-refractivity contribution >= 4 is 27.7 Å². The van der Waals surface area contributed by atoms with Crippen molar-refractivity contribution < 1.29 is 16.8 Å². The lowest BCUT2D eigenvalue weighted by Crippen LogP contribution is -2.02. The van der Waals surface area contributed by atoms with Crippen molar-refractivity contribution in [1.82, 2.24) is 4.67 Å². The Morgan fingerprint density at radius 3 is 1.91 bits per heavy atom. The largest absolute Gasteiger partial charge is 0.382 e. The van der Waals surface area contributed by atoms with E-state index in [1.807, 2.05) is 0 Å². The van der Waals surface area contributed by atoms with Gasteiger partial charge in [-0.05, 0) is 14.1 Å². The molecule has 0 aromatic carbocycles. The highest BCUT2D eigenvalue weighted by Crippen LogP contribution is 2.55. The third-order valence-corrected chi connectivity index (χ3v) is 3.76. The molecule has 9 heteroatoms. The summed E-state index contributed by atoms with van der Waals surface area (Å²) < 4.78 is 47.7.